The summed E-state index contributed by atoms with van der Waals surface area (Å²) in [5, 5.41) is 123. The molecule has 0 amide bonds. The summed E-state index contributed by atoms with van der Waals surface area (Å²) in [4.78, 5) is 65.1. The van der Waals surface area contributed by atoms with E-state index in [-0.39, 0.29) is 34.9 Å². The highest BCUT2D eigenvalue weighted by atomic mass is 16.5. The van der Waals surface area contributed by atoms with Gasteiger partial charge in [-0.25, -0.2) is 9.59 Å². The zero-order valence-corrected chi connectivity index (χ0v) is 25.1. The molecule has 0 saturated heterocycles. The molecule has 262 valence electrons. The lowest BCUT2D eigenvalue weighted by molar-refractivity contribution is -0.234. The van der Waals surface area contributed by atoms with Gasteiger partial charge in [-0.1, -0.05) is 36.4 Å². The number of carbonyl (C=O) groups excluding carboxylic acids is 3. The van der Waals surface area contributed by atoms with Crippen LogP contribution in [0.3, 0.4) is 0 Å². The van der Waals surface area contributed by atoms with Gasteiger partial charge in [0, 0.05) is 0 Å². The van der Waals surface area contributed by atoms with Gasteiger partial charge >= 0.3 is 11.9 Å². The van der Waals surface area contributed by atoms with Gasteiger partial charge in [0.25, 0.3) is 11.2 Å². The molecule has 0 unspecified atom stereocenters. The third-order valence-electron chi connectivity index (χ3n) is 7.37. The van der Waals surface area contributed by atoms with Crippen molar-refractivity contribution in [2.75, 3.05) is 0 Å². The van der Waals surface area contributed by atoms with Gasteiger partial charge in [0.15, 0.2) is 40.3 Å². The molecule has 0 aliphatic rings. The van der Waals surface area contributed by atoms with Crippen LogP contribution in [0, 0.1) is 0 Å². The Kier molecular flexibility index (Phi) is 10.8. The summed E-state index contributed by atoms with van der Waals surface area (Å²) >= 11 is 0. The van der Waals surface area contributed by atoms with E-state index >= 15 is 0 Å². The summed E-state index contributed by atoms with van der Waals surface area (Å²) in [6, 6.07) is 8.57. The zero-order chi connectivity index (χ0) is 37.8. The van der Waals surface area contributed by atoms with Crippen molar-refractivity contribution in [2.45, 2.75) is 22.9 Å². The molecule has 0 aliphatic carbocycles. The Labute approximate surface area is 279 Å². The normalized spacial score (nSPS) is 16.0. The van der Waals surface area contributed by atoms with Gasteiger partial charge in [-0.2, -0.15) is 0 Å². The molecule has 0 spiro atoms. The molecule has 12 N–H and O–H groups in total. The Morgan fingerprint density at radius 3 is 1.16 bits per heavy atom. The lowest BCUT2D eigenvalue weighted by Gasteiger charge is -2.43. The van der Waals surface area contributed by atoms with E-state index in [0.29, 0.717) is 12.2 Å². The van der Waals surface area contributed by atoms with Crippen LogP contribution in [-0.2, 0) is 24.0 Å². The van der Waals surface area contributed by atoms with Gasteiger partial charge in [0.05, 0.1) is 0 Å². The van der Waals surface area contributed by atoms with Crippen LogP contribution in [0.2, 0.25) is 0 Å². The van der Waals surface area contributed by atoms with Crippen LogP contribution in [-0.4, -0.2) is 113 Å². The minimum absolute atomic E-state index is 0.120. The Morgan fingerprint density at radius 1 is 0.500 bits per heavy atom. The van der Waals surface area contributed by atoms with Gasteiger partial charge in [-0.05, 0) is 71.3 Å². The Hall–Kier alpha value is -6.53. The van der Waals surface area contributed by atoms with Gasteiger partial charge < -0.3 is 61.3 Å². The summed E-state index contributed by atoms with van der Waals surface area (Å²) in [5.74, 6) is -15.9. The minimum Gasteiger partial charge on any atom is -0.504 e. The maximum atomic E-state index is 13.6. The largest absolute Gasteiger partial charge is 0.504 e. The maximum Gasteiger partial charge on any atom is 0.347 e. The standard InChI is InChI=1S/C33H28O17/c34-19-7-1-16(13-22(19)37)4-10-25(40)31(48,29(44)45)28(43)32(49,26(41)11-5-17-2-8-20(35)23(38)14-17)33(50,30(46)47)27(42)12-6-18-3-9-21(36)24(39)15-18/h1-15,28,34-39,43,48-50H,(H,44,45)(H,46,47)/t28-,31-,32-,33+/m0/s1. The predicted octanol–water partition coefficient (Wildman–Crippen LogP) is -0.209. The first-order chi connectivity index (χ1) is 23.2. The molecule has 0 heterocycles. The van der Waals surface area contributed by atoms with Crippen molar-refractivity contribution in [3.05, 3.63) is 89.5 Å². The highest BCUT2D eigenvalue weighted by molar-refractivity contribution is 6.22. The molecule has 0 aliphatic heterocycles. The number of carboxylic acid groups (broad SMARTS) is 2. The average Bonchev–Trinajstić information content (AvgIpc) is 3.07. The molecule has 4 atom stereocenters. The topological polar surface area (TPSA) is 328 Å². The lowest BCUT2D eigenvalue weighted by atomic mass is 9.67. The van der Waals surface area contributed by atoms with E-state index in [4.69, 9.17) is 0 Å². The second-order valence-electron chi connectivity index (χ2n) is 10.6. The van der Waals surface area contributed by atoms with Gasteiger partial charge in [-0.3, -0.25) is 14.4 Å². The Bertz CT molecular complexity index is 1960. The van der Waals surface area contributed by atoms with E-state index in [0.717, 1.165) is 60.7 Å². The summed E-state index contributed by atoms with van der Waals surface area (Å²) < 4.78 is 0. The molecule has 0 bridgehead atoms. The van der Waals surface area contributed by atoms with Crippen molar-refractivity contribution < 1.29 is 85.3 Å². The predicted molar refractivity (Wildman–Crippen MR) is 168 cm³/mol. The molecule has 3 rings (SSSR count). The molecular weight excluding hydrogens is 668 g/mol. The van der Waals surface area contributed by atoms with Crippen molar-refractivity contribution >= 4 is 47.5 Å². The van der Waals surface area contributed by atoms with Crippen molar-refractivity contribution in [1.82, 2.24) is 0 Å². The third-order valence-corrected chi connectivity index (χ3v) is 7.37. The SMILES string of the molecule is O=C(O)[C@](O)(C(=O)C=Cc1ccc(O)c(O)c1)[C@H](O)[C@@](O)(C(=O)C=Cc1ccc(O)c(O)c1)[C@](O)(C(=O)O)C(=O)C=Cc1ccc(O)c(O)c1. The first-order valence-corrected chi connectivity index (χ1v) is 13.8. The summed E-state index contributed by atoms with van der Waals surface area (Å²) in [5.41, 5.74) is -14.1. The number of aliphatic hydroxyl groups excluding tert-OH is 1. The fourth-order valence-electron chi connectivity index (χ4n) is 4.45. The fraction of sp³-hybridized carbons (Fsp3) is 0.121. The summed E-state index contributed by atoms with van der Waals surface area (Å²) in [6.45, 7) is 0. The molecule has 17 heteroatoms. The monoisotopic (exact) mass is 696 g/mol. The highest BCUT2D eigenvalue weighted by Gasteiger charge is 2.73. The molecule has 3 aromatic carbocycles. The van der Waals surface area contributed by atoms with Crippen LogP contribution in [0.15, 0.2) is 72.8 Å². The van der Waals surface area contributed by atoms with Crippen LogP contribution in [0.25, 0.3) is 18.2 Å². The minimum atomic E-state index is -4.65. The van der Waals surface area contributed by atoms with Crippen LogP contribution in [0.1, 0.15) is 16.7 Å². The van der Waals surface area contributed by atoms with E-state index < -0.39 is 86.7 Å². The Balaban J connectivity index is 2.25. The highest BCUT2D eigenvalue weighted by Crippen LogP contribution is 2.37. The maximum absolute atomic E-state index is 13.6. The number of carboxylic acids is 2. The molecule has 50 heavy (non-hydrogen) atoms. The van der Waals surface area contributed by atoms with Crippen LogP contribution >= 0.6 is 0 Å². The molecule has 0 saturated carbocycles. The number of rotatable bonds is 14. The number of aromatic hydroxyl groups is 6. The van der Waals surface area contributed by atoms with Crippen molar-refractivity contribution in [3.8, 4) is 34.5 Å². The van der Waals surface area contributed by atoms with E-state index in [1.54, 1.807) is 0 Å². The fourth-order valence-corrected chi connectivity index (χ4v) is 4.45. The number of phenolic OH excluding ortho intramolecular Hbond substituents is 6. The van der Waals surface area contributed by atoms with E-state index in [2.05, 4.69) is 0 Å². The number of benzene rings is 3. The van der Waals surface area contributed by atoms with Crippen molar-refractivity contribution in [3.63, 3.8) is 0 Å². The second-order valence-corrected chi connectivity index (χ2v) is 10.6. The van der Waals surface area contributed by atoms with Gasteiger partial charge in [0.1, 0.15) is 6.10 Å². The average molecular weight is 697 g/mol. The molecular formula is C33H28O17. The summed E-state index contributed by atoms with van der Waals surface area (Å²) in [6.07, 6.45) is -1.12. The van der Waals surface area contributed by atoms with E-state index in [1.807, 2.05) is 0 Å². The van der Waals surface area contributed by atoms with Crippen molar-refractivity contribution in [1.29, 1.82) is 0 Å². The smallest absolute Gasteiger partial charge is 0.347 e. The number of hydrogen-bond donors (Lipinski definition) is 12. The number of hydrogen-bond acceptors (Lipinski definition) is 15. The number of phenols is 6. The zero-order valence-electron chi connectivity index (χ0n) is 25.1. The first-order valence-electron chi connectivity index (χ1n) is 13.8. The van der Waals surface area contributed by atoms with E-state index in [1.165, 1.54) is 0 Å². The number of ketones is 3. The second kappa shape index (κ2) is 14.3. The molecule has 0 aromatic heterocycles. The quantitative estimate of drug-likeness (QED) is 0.0589. The van der Waals surface area contributed by atoms with Crippen LogP contribution in [0.5, 0.6) is 34.5 Å². The van der Waals surface area contributed by atoms with E-state index in [9.17, 15) is 85.3 Å². The van der Waals surface area contributed by atoms with Crippen LogP contribution < -0.4 is 0 Å². The Morgan fingerprint density at radius 2 is 0.840 bits per heavy atom. The van der Waals surface area contributed by atoms with Gasteiger partial charge in [0.2, 0.25) is 17.2 Å². The van der Waals surface area contributed by atoms with Crippen LogP contribution in [0.4, 0.5) is 0 Å². The number of aliphatic hydroxyl groups is 4. The third kappa shape index (κ3) is 7.00. The molecule has 0 radical (unpaired) electrons. The number of aliphatic carboxylic acids is 2. The van der Waals surface area contributed by atoms with Gasteiger partial charge in [-0.15, -0.1) is 0 Å². The summed E-state index contributed by atoms with van der Waals surface area (Å²) in [7, 11) is 0. The van der Waals surface area contributed by atoms with Crippen molar-refractivity contribution in [2.24, 2.45) is 0 Å². The number of carbonyl (C=O) groups is 5. The first kappa shape index (κ1) is 37.9. The molecule has 0 fully saturated rings. The molecule has 17 nitrogen and oxygen atoms in total. The lowest BCUT2D eigenvalue weighted by Crippen LogP contribution is -2.78. The molecule has 3 aromatic rings.